The van der Waals surface area contributed by atoms with Gasteiger partial charge in [-0.3, -0.25) is 0 Å². The van der Waals surface area contributed by atoms with E-state index >= 15 is 0 Å². The highest BCUT2D eigenvalue weighted by Crippen LogP contribution is 2.27. The number of nitrogens with one attached hydrogen (secondary N) is 1. The third kappa shape index (κ3) is 5.70. The number of methoxy groups -OCH3 is 1. The molecule has 1 aromatic carbocycles. The first-order valence-electron chi connectivity index (χ1n) is 7.02. The Morgan fingerprint density at radius 2 is 2.00 bits per heavy atom. The van der Waals surface area contributed by atoms with Crippen LogP contribution in [0, 0.1) is 11.7 Å². The molecule has 108 valence electrons. The summed E-state index contributed by atoms with van der Waals surface area (Å²) in [6.07, 6.45) is 0.984. The summed E-state index contributed by atoms with van der Waals surface area (Å²) >= 11 is 0. The van der Waals surface area contributed by atoms with Gasteiger partial charge >= 0.3 is 0 Å². The van der Waals surface area contributed by atoms with Gasteiger partial charge < -0.3 is 10.1 Å². The lowest BCUT2D eigenvalue weighted by Crippen LogP contribution is -2.31. The highest BCUT2D eigenvalue weighted by Gasteiger charge is 2.19. The number of hydrogen-bond acceptors (Lipinski definition) is 2. The molecule has 0 heterocycles. The molecule has 0 spiro atoms. The van der Waals surface area contributed by atoms with E-state index in [9.17, 15) is 4.39 Å². The lowest BCUT2D eigenvalue weighted by atomic mass is 9.85. The number of hydrogen-bond donors (Lipinski definition) is 1. The van der Waals surface area contributed by atoms with Crippen molar-refractivity contribution in [3.05, 3.63) is 35.6 Å². The van der Waals surface area contributed by atoms with E-state index in [0.717, 1.165) is 25.1 Å². The average Bonchev–Trinajstić information content (AvgIpc) is 2.36. The average molecular weight is 267 g/mol. The van der Waals surface area contributed by atoms with Crippen molar-refractivity contribution in [2.24, 2.45) is 5.92 Å². The monoisotopic (exact) mass is 267 g/mol. The SMILES string of the molecule is COCCC(C)C(CNC(C)C)c1cccc(F)c1. The number of rotatable bonds is 8. The lowest BCUT2D eigenvalue weighted by Gasteiger charge is -2.26. The van der Waals surface area contributed by atoms with Gasteiger partial charge in [0.05, 0.1) is 0 Å². The smallest absolute Gasteiger partial charge is 0.123 e. The fraction of sp³-hybridized carbons (Fsp3) is 0.625. The second-order valence-corrected chi connectivity index (χ2v) is 5.48. The lowest BCUT2D eigenvalue weighted by molar-refractivity contribution is 0.173. The zero-order valence-corrected chi connectivity index (χ0v) is 12.4. The summed E-state index contributed by atoms with van der Waals surface area (Å²) in [5.74, 6) is 0.604. The summed E-state index contributed by atoms with van der Waals surface area (Å²) in [5, 5.41) is 3.46. The fourth-order valence-electron chi connectivity index (χ4n) is 2.25. The van der Waals surface area contributed by atoms with Crippen molar-refractivity contribution in [1.82, 2.24) is 5.32 Å². The van der Waals surface area contributed by atoms with Gasteiger partial charge in [0, 0.05) is 26.3 Å². The molecule has 2 nitrogen and oxygen atoms in total. The van der Waals surface area contributed by atoms with Gasteiger partial charge in [-0.15, -0.1) is 0 Å². The molecule has 1 aromatic rings. The maximum Gasteiger partial charge on any atom is 0.123 e. The van der Waals surface area contributed by atoms with E-state index in [2.05, 4.69) is 26.1 Å². The predicted octanol–water partition coefficient (Wildman–Crippen LogP) is 3.58. The van der Waals surface area contributed by atoms with Gasteiger partial charge in [-0.2, -0.15) is 0 Å². The van der Waals surface area contributed by atoms with E-state index in [0.29, 0.717) is 17.9 Å². The van der Waals surface area contributed by atoms with Crippen LogP contribution in [0.15, 0.2) is 24.3 Å². The van der Waals surface area contributed by atoms with Crippen LogP contribution in [0.2, 0.25) is 0 Å². The molecule has 0 saturated carbocycles. The molecule has 2 atom stereocenters. The molecule has 0 saturated heterocycles. The molecule has 0 aliphatic rings. The molecule has 0 fully saturated rings. The van der Waals surface area contributed by atoms with E-state index in [-0.39, 0.29) is 5.82 Å². The minimum Gasteiger partial charge on any atom is -0.385 e. The second-order valence-electron chi connectivity index (χ2n) is 5.48. The molecule has 19 heavy (non-hydrogen) atoms. The second kappa shape index (κ2) is 8.28. The topological polar surface area (TPSA) is 21.3 Å². The van der Waals surface area contributed by atoms with Crippen molar-refractivity contribution >= 4 is 0 Å². The van der Waals surface area contributed by atoms with Gasteiger partial charge in [0.1, 0.15) is 5.82 Å². The molecule has 0 bridgehead atoms. The van der Waals surface area contributed by atoms with Gasteiger partial charge in [0.15, 0.2) is 0 Å². The first-order valence-corrected chi connectivity index (χ1v) is 7.02. The van der Waals surface area contributed by atoms with Crippen molar-refractivity contribution in [3.63, 3.8) is 0 Å². The van der Waals surface area contributed by atoms with Gasteiger partial charge in [0.2, 0.25) is 0 Å². The van der Waals surface area contributed by atoms with Crippen LogP contribution < -0.4 is 5.32 Å². The molecular weight excluding hydrogens is 241 g/mol. The Kier molecular flexibility index (Phi) is 7.03. The van der Waals surface area contributed by atoms with Crippen LogP contribution in [0.4, 0.5) is 4.39 Å². The Morgan fingerprint density at radius 1 is 1.26 bits per heavy atom. The van der Waals surface area contributed by atoms with E-state index in [1.165, 1.54) is 6.07 Å². The first-order chi connectivity index (χ1) is 9.04. The quantitative estimate of drug-likeness (QED) is 0.777. The molecular formula is C16H26FNO. The van der Waals surface area contributed by atoms with Crippen LogP contribution in [0.5, 0.6) is 0 Å². The zero-order valence-electron chi connectivity index (χ0n) is 12.4. The maximum atomic E-state index is 13.4. The van der Waals surface area contributed by atoms with Crippen LogP contribution in [-0.2, 0) is 4.74 Å². The Balaban J connectivity index is 2.78. The number of benzene rings is 1. The van der Waals surface area contributed by atoms with E-state index in [4.69, 9.17) is 4.74 Å². The minimum atomic E-state index is -0.161. The summed E-state index contributed by atoms with van der Waals surface area (Å²) in [6, 6.07) is 7.38. The van der Waals surface area contributed by atoms with Crippen LogP contribution in [0.3, 0.4) is 0 Å². The van der Waals surface area contributed by atoms with Crippen molar-refractivity contribution in [2.45, 2.75) is 39.2 Å². The van der Waals surface area contributed by atoms with Gasteiger partial charge in [-0.25, -0.2) is 4.39 Å². The van der Waals surface area contributed by atoms with E-state index in [1.807, 2.05) is 6.07 Å². The first kappa shape index (κ1) is 16.1. The summed E-state index contributed by atoms with van der Waals surface area (Å²) in [4.78, 5) is 0. The Bertz CT molecular complexity index is 368. The number of ether oxygens (including phenoxy) is 1. The van der Waals surface area contributed by atoms with Crippen molar-refractivity contribution < 1.29 is 9.13 Å². The third-order valence-corrected chi connectivity index (χ3v) is 3.49. The van der Waals surface area contributed by atoms with Crippen LogP contribution >= 0.6 is 0 Å². The fourth-order valence-corrected chi connectivity index (χ4v) is 2.25. The molecule has 0 aliphatic carbocycles. The Hall–Kier alpha value is -0.930. The highest BCUT2D eigenvalue weighted by molar-refractivity contribution is 5.21. The summed E-state index contributed by atoms with van der Waals surface area (Å²) in [6.45, 7) is 8.07. The molecule has 0 aliphatic heterocycles. The third-order valence-electron chi connectivity index (χ3n) is 3.49. The largest absolute Gasteiger partial charge is 0.385 e. The summed E-state index contributed by atoms with van der Waals surface area (Å²) in [5.41, 5.74) is 1.07. The van der Waals surface area contributed by atoms with Crippen LogP contribution in [0.1, 0.15) is 38.7 Å². The molecule has 3 heteroatoms. The molecule has 1 rings (SSSR count). The maximum absolute atomic E-state index is 13.4. The normalized spacial score (nSPS) is 14.6. The zero-order chi connectivity index (χ0) is 14.3. The van der Waals surface area contributed by atoms with Crippen molar-refractivity contribution in [2.75, 3.05) is 20.3 Å². The van der Waals surface area contributed by atoms with Crippen LogP contribution in [-0.4, -0.2) is 26.3 Å². The standard InChI is InChI=1S/C16H26FNO/c1-12(2)18-11-16(13(3)8-9-19-4)14-6-5-7-15(17)10-14/h5-7,10,12-13,16,18H,8-9,11H2,1-4H3. The predicted molar refractivity (Wildman–Crippen MR) is 77.9 cm³/mol. The molecule has 0 radical (unpaired) electrons. The van der Waals surface area contributed by atoms with Crippen molar-refractivity contribution in [3.8, 4) is 0 Å². The van der Waals surface area contributed by atoms with Gasteiger partial charge in [-0.1, -0.05) is 32.9 Å². The van der Waals surface area contributed by atoms with Crippen LogP contribution in [0.25, 0.3) is 0 Å². The van der Waals surface area contributed by atoms with Gasteiger partial charge in [0.25, 0.3) is 0 Å². The van der Waals surface area contributed by atoms with E-state index < -0.39 is 0 Å². The number of halogens is 1. The summed E-state index contributed by atoms with van der Waals surface area (Å²) < 4.78 is 18.6. The van der Waals surface area contributed by atoms with E-state index in [1.54, 1.807) is 19.2 Å². The highest BCUT2D eigenvalue weighted by atomic mass is 19.1. The molecule has 2 unspecified atom stereocenters. The Labute approximate surface area is 116 Å². The molecule has 0 aromatic heterocycles. The molecule has 0 amide bonds. The van der Waals surface area contributed by atoms with Crippen molar-refractivity contribution in [1.29, 1.82) is 0 Å². The Morgan fingerprint density at radius 3 is 2.58 bits per heavy atom. The minimum absolute atomic E-state index is 0.161. The summed E-state index contributed by atoms with van der Waals surface area (Å²) in [7, 11) is 1.72. The van der Waals surface area contributed by atoms with Gasteiger partial charge in [-0.05, 0) is 36.0 Å². The molecule has 1 N–H and O–H groups in total.